The van der Waals surface area contributed by atoms with Gasteiger partial charge in [0, 0.05) is 23.1 Å². The van der Waals surface area contributed by atoms with E-state index in [0.717, 1.165) is 22.8 Å². The van der Waals surface area contributed by atoms with Crippen molar-refractivity contribution in [2.24, 2.45) is 0 Å². The number of nitrogens with one attached hydrogen (secondary N) is 1. The monoisotopic (exact) mass is 753 g/mol. The van der Waals surface area contributed by atoms with Crippen molar-refractivity contribution in [3.05, 3.63) is 75.7 Å². The van der Waals surface area contributed by atoms with E-state index in [-0.39, 0.29) is 11.9 Å². The van der Waals surface area contributed by atoms with E-state index in [0.29, 0.717) is 52.8 Å². The molecule has 1 aliphatic rings. The number of aromatic nitrogens is 3. The van der Waals surface area contributed by atoms with Gasteiger partial charge < -0.3 is 36.1 Å². The van der Waals surface area contributed by atoms with Crippen LogP contribution in [0.3, 0.4) is 0 Å². The number of benzene rings is 2. The summed E-state index contributed by atoms with van der Waals surface area (Å²) in [5.41, 5.74) is 14.8. The van der Waals surface area contributed by atoms with Crippen molar-refractivity contribution in [1.29, 1.82) is 0 Å². The first-order chi connectivity index (χ1) is 22.3. The number of ether oxygens (including phenoxy) is 2. The Morgan fingerprint density at radius 3 is 2.21 bits per heavy atom. The van der Waals surface area contributed by atoms with Crippen LogP contribution in [0.2, 0.25) is 0 Å². The molecule has 4 aromatic rings. The lowest BCUT2D eigenvalue weighted by molar-refractivity contribution is -0.193. The molecule has 2 aromatic heterocycles. The average molecular weight is 754 g/mol. The molecule has 1 unspecified atom stereocenters. The summed E-state index contributed by atoms with van der Waals surface area (Å²) in [5.74, 6) is -5.53. The van der Waals surface area contributed by atoms with Gasteiger partial charge in [-0.05, 0) is 63.6 Å². The van der Waals surface area contributed by atoms with Gasteiger partial charge in [0.15, 0.2) is 11.6 Å². The van der Waals surface area contributed by atoms with Gasteiger partial charge in [-0.1, -0.05) is 13.0 Å². The Balaban J connectivity index is 0.000000376. The van der Waals surface area contributed by atoms with Gasteiger partial charge in [0.2, 0.25) is 0 Å². The van der Waals surface area contributed by atoms with Crippen molar-refractivity contribution >= 4 is 50.1 Å². The second-order valence-electron chi connectivity index (χ2n) is 10.0. The molecular formula is C29H27BrF7N5O6. The van der Waals surface area contributed by atoms with Crippen molar-refractivity contribution in [3.63, 3.8) is 0 Å². The smallest absolute Gasteiger partial charge is 0.485 e. The van der Waals surface area contributed by atoms with Crippen LogP contribution in [0.25, 0.3) is 10.8 Å². The second-order valence-corrected chi connectivity index (χ2v) is 10.9. The molecule has 1 aliphatic heterocycles. The molecule has 0 saturated carbocycles. The van der Waals surface area contributed by atoms with E-state index >= 15 is 4.39 Å². The normalized spacial score (nSPS) is 15.1. The Bertz CT molecular complexity index is 1740. The van der Waals surface area contributed by atoms with Gasteiger partial charge >= 0.3 is 24.3 Å². The number of nitrogens with two attached hydrogens (primary N) is 2. The summed E-state index contributed by atoms with van der Waals surface area (Å²) in [4.78, 5) is 30.1. The van der Waals surface area contributed by atoms with E-state index in [2.05, 4.69) is 30.9 Å². The van der Waals surface area contributed by atoms with Gasteiger partial charge in [-0.25, -0.2) is 23.9 Å². The fourth-order valence-electron chi connectivity index (χ4n) is 4.34. The minimum atomic E-state index is -5.08. The molecule has 1 fully saturated rings. The highest BCUT2D eigenvalue weighted by molar-refractivity contribution is 9.10. The fraction of sp³-hybridized carbons (Fsp3) is 0.310. The molecular weight excluding hydrogens is 727 g/mol. The van der Waals surface area contributed by atoms with E-state index in [9.17, 15) is 26.3 Å². The molecule has 1 saturated heterocycles. The van der Waals surface area contributed by atoms with Crippen LogP contribution in [0.15, 0.2) is 47.2 Å². The van der Waals surface area contributed by atoms with Crippen molar-refractivity contribution in [3.8, 4) is 5.75 Å². The fourth-order valence-corrected chi connectivity index (χ4v) is 4.65. The highest BCUT2D eigenvalue weighted by Gasteiger charge is 2.39. The quantitative estimate of drug-likeness (QED) is 0.112. The third-order valence-electron chi connectivity index (χ3n) is 6.55. The molecule has 0 bridgehead atoms. The summed E-state index contributed by atoms with van der Waals surface area (Å²) < 4.78 is 91.6. The number of H-pyrrole nitrogens is 1. The number of aliphatic carboxylic acids is 2. The van der Waals surface area contributed by atoms with E-state index < -0.39 is 36.0 Å². The number of alkyl halides is 6. The van der Waals surface area contributed by atoms with Gasteiger partial charge in [-0.15, -0.1) is 0 Å². The molecule has 19 heteroatoms. The number of carboxylic acids is 2. The predicted octanol–water partition coefficient (Wildman–Crippen LogP) is 6.20. The second kappa shape index (κ2) is 15.5. The topological polar surface area (TPSA) is 187 Å². The van der Waals surface area contributed by atoms with Crippen molar-refractivity contribution < 1.29 is 60.0 Å². The van der Waals surface area contributed by atoms with E-state index in [1.54, 1.807) is 18.3 Å². The van der Waals surface area contributed by atoms with Gasteiger partial charge in [-0.3, -0.25) is 0 Å². The molecule has 7 N–H and O–H groups in total. The Kier molecular flexibility index (Phi) is 12.2. The molecule has 48 heavy (non-hydrogen) atoms. The summed E-state index contributed by atoms with van der Waals surface area (Å²) >= 11 is 3.42. The molecule has 11 nitrogen and oxygen atoms in total. The van der Waals surface area contributed by atoms with Crippen molar-refractivity contribution in [2.75, 3.05) is 24.7 Å². The van der Waals surface area contributed by atoms with Gasteiger partial charge in [0.25, 0.3) is 0 Å². The highest BCUT2D eigenvalue weighted by atomic mass is 79.9. The summed E-state index contributed by atoms with van der Waals surface area (Å²) in [6.45, 7) is 3.08. The number of pyridine rings is 1. The number of fused-ring (bicyclic) bond motifs is 1. The molecule has 5 rings (SSSR count). The Morgan fingerprint density at radius 1 is 1.08 bits per heavy atom. The van der Waals surface area contributed by atoms with Crippen LogP contribution in [0.5, 0.6) is 5.75 Å². The van der Waals surface area contributed by atoms with Crippen LogP contribution < -0.4 is 16.2 Å². The number of rotatable bonds is 6. The number of imidazole rings is 1. The Hall–Kier alpha value is -4.65. The predicted molar refractivity (Wildman–Crippen MR) is 161 cm³/mol. The zero-order valence-corrected chi connectivity index (χ0v) is 26.2. The van der Waals surface area contributed by atoms with Crippen molar-refractivity contribution in [1.82, 2.24) is 15.0 Å². The number of hydrogen-bond acceptors (Lipinski definition) is 8. The summed E-state index contributed by atoms with van der Waals surface area (Å²) in [6, 6.07) is 10.9. The molecule has 2 atom stereocenters. The van der Waals surface area contributed by atoms with Crippen LogP contribution in [0.4, 0.5) is 42.2 Å². The number of carbonyl (C=O) groups is 2. The zero-order valence-electron chi connectivity index (χ0n) is 24.6. The molecule has 2 aromatic carbocycles. The Morgan fingerprint density at radius 2 is 1.71 bits per heavy atom. The molecule has 0 radical (unpaired) electrons. The van der Waals surface area contributed by atoms with Crippen molar-refractivity contribution in [2.45, 2.75) is 44.1 Å². The largest absolute Gasteiger partial charge is 0.490 e. The third kappa shape index (κ3) is 9.93. The number of aromatic amines is 1. The maximum atomic E-state index is 16.1. The summed E-state index contributed by atoms with van der Waals surface area (Å²) in [6.07, 6.45) is -7.27. The number of anilines is 2. The van der Waals surface area contributed by atoms with Crippen LogP contribution in [-0.4, -0.2) is 68.8 Å². The molecule has 3 heterocycles. The Labute approximate surface area is 275 Å². The number of nitrogen functional groups attached to an aromatic ring is 2. The van der Waals surface area contributed by atoms with Gasteiger partial charge in [-0.2, -0.15) is 26.3 Å². The lowest BCUT2D eigenvalue weighted by Gasteiger charge is -2.21. The summed E-state index contributed by atoms with van der Waals surface area (Å²) in [7, 11) is 0. The molecule has 0 aliphatic carbocycles. The third-order valence-corrected chi connectivity index (χ3v) is 6.95. The number of halogens is 8. The van der Waals surface area contributed by atoms with Crippen LogP contribution >= 0.6 is 15.9 Å². The first-order valence-corrected chi connectivity index (χ1v) is 14.4. The minimum absolute atomic E-state index is 0.178. The van der Waals surface area contributed by atoms with E-state index in [4.69, 9.17) is 40.7 Å². The van der Waals surface area contributed by atoms with Crippen LogP contribution in [-0.2, 0) is 20.7 Å². The van der Waals surface area contributed by atoms with E-state index in [1.807, 2.05) is 31.2 Å². The zero-order chi connectivity index (χ0) is 36.0. The lowest BCUT2D eigenvalue weighted by atomic mass is 9.90. The number of hydrogen-bond donors (Lipinski definition) is 5. The van der Waals surface area contributed by atoms with Crippen LogP contribution in [0, 0.1) is 5.82 Å². The summed E-state index contributed by atoms with van der Waals surface area (Å²) in [5, 5.41) is 15.9. The SMILES string of the molecule is CCc1cc(O[C@@H]2CCOC2)c(F)c(C(c2cc3cc(N)ccc3c(N)n2)c2ncc(Br)[nH]2)c1.O=C(O)C(F)(F)F.O=C(O)C(F)(F)F. The maximum absolute atomic E-state index is 16.1. The van der Waals surface area contributed by atoms with E-state index in [1.165, 1.54) is 0 Å². The number of carboxylic acid groups (broad SMARTS) is 2. The van der Waals surface area contributed by atoms with Gasteiger partial charge in [0.05, 0.1) is 31.0 Å². The van der Waals surface area contributed by atoms with Crippen LogP contribution in [0.1, 0.15) is 41.9 Å². The number of nitrogens with zero attached hydrogens (tertiary/aromatic N) is 2. The van der Waals surface area contributed by atoms with Gasteiger partial charge in [0.1, 0.15) is 22.3 Å². The standard InChI is InChI=1S/C25H25BrFN5O2.2C2HF3O2/c1-2-13-7-18(23(27)20(8-13)34-16-5-6-33-12-16)22(25-30-11-21(26)32-25)19-10-14-9-15(28)3-4-17(14)24(29)31-19;2*3-2(4,5)1(6)7/h3-4,7-11,16,22H,2,5-6,12,28H2,1H3,(H2,29,31)(H,30,32);2*(H,6,7)/t16-,22?;;/m1../s1. The molecule has 0 spiro atoms. The molecule has 0 amide bonds. The molecule has 260 valence electrons. The number of aryl methyl sites for hydroxylation is 1. The highest BCUT2D eigenvalue weighted by Crippen LogP contribution is 2.38. The maximum Gasteiger partial charge on any atom is 0.490 e. The minimum Gasteiger partial charge on any atom is -0.485 e. The lowest BCUT2D eigenvalue weighted by Crippen LogP contribution is -2.21. The average Bonchev–Trinajstić information content (AvgIpc) is 3.66. The first-order valence-electron chi connectivity index (χ1n) is 13.6. The first kappa shape index (κ1) is 37.8.